The molecule has 170 valence electrons. The fraction of sp³-hybridized carbons (Fsp3) is 0.320. The number of fused-ring (bicyclic) bond motifs is 1. The Morgan fingerprint density at radius 1 is 1.03 bits per heavy atom. The summed E-state index contributed by atoms with van der Waals surface area (Å²) in [5.41, 5.74) is 4.32. The van der Waals surface area contributed by atoms with Gasteiger partial charge in [-0.15, -0.1) is 0 Å². The topological polar surface area (TPSA) is 98.2 Å². The van der Waals surface area contributed by atoms with Crippen LogP contribution in [0.1, 0.15) is 22.3 Å². The molecule has 1 atom stereocenters. The van der Waals surface area contributed by atoms with Gasteiger partial charge in [-0.2, -0.15) is 0 Å². The Kier molecular flexibility index (Phi) is 9.16. The molecule has 2 aromatic carbocycles. The molecule has 7 heteroatoms. The Bertz CT molecular complexity index is 954. The van der Waals surface area contributed by atoms with E-state index in [0.29, 0.717) is 18.1 Å². The normalized spacial score (nSPS) is 15.7. The number of carbonyl (C=O) groups excluding carboxylic acids is 1. The number of nitrogens with zero attached hydrogens (tertiary/aromatic N) is 2. The summed E-state index contributed by atoms with van der Waals surface area (Å²) in [5, 5.41) is 15.6. The molecule has 2 aromatic rings. The smallest absolute Gasteiger partial charge is 0.328 e. The Balaban J connectivity index is 0.000000390. The third-order valence-corrected chi connectivity index (χ3v) is 5.19. The van der Waals surface area contributed by atoms with E-state index in [-0.39, 0.29) is 5.91 Å². The van der Waals surface area contributed by atoms with Crippen molar-refractivity contribution in [2.45, 2.75) is 12.8 Å². The van der Waals surface area contributed by atoms with Gasteiger partial charge in [0.05, 0.1) is 0 Å². The van der Waals surface area contributed by atoms with E-state index in [1.807, 2.05) is 30.1 Å². The zero-order chi connectivity index (χ0) is 23.7. The van der Waals surface area contributed by atoms with Crippen LogP contribution in [0.25, 0.3) is 11.1 Å². The zero-order valence-electron chi connectivity index (χ0n) is 18.7. The number of aliphatic carboxylic acids is 2. The SMILES string of the molecule is CN(C)CCC1Cc2ccc(-c3ccccc3)cc2C(=O)N(C)C1.O=C(O)C=CC(=O)O. The number of carboxylic acids is 2. The summed E-state index contributed by atoms with van der Waals surface area (Å²) in [6.07, 6.45) is 3.21. The van der Waals surface area contributed by atoms with Gasteiger partial charge in [0.15, 0.2) is 0 Å². The molecule has 1 heterocycles. The number of amides is 1. The summed E-state index contributed by atoms with van der Waals surface area (Å²) in [5.74, 6) is -1.85. The molecular weight excluding hydrogens is 408 g/mol. The molecule has 0 spiro atoms. The fourth-order valence-corrected chi connectivity index (χ4v) is 3.59. The van der Waals surface area contributed by atoms with Gasteiger partial charge in [0.25, 0.3) is 5.91 Å². The average Bonchev–Trinajstić information content (AvgIpc) is 2.88. The fourth-order valence-electron chi connectivity index (χ4n) is 3.59. The number of hydrogen-bond acceptors (Lipinski definition) is 4. The molecular formula is C25H30N2O5. The van der Waals surface area contributed by atoms with Gasteiger partial charge in [-0.1, -0.05) is 42.5 Å². The molecule has 1 aliphatic rings. The minimum absolute atomic E-state index is 0.148. The highest BCUT2D eigenvalue weighted by molar-refractivity contribution is 5.97. The van der Waals surface area contributed by atoms with Crippen LogP contribution in [0.2, 0.25) is 0 Å². The Labute approximate surface area is 188 Å². The molecule has 0 aliphatic carbocycles. The molecule has 0 saturated carbocycles. The van der Waals surface area contributed by atoms with Crippen molar-refractivity contribution in [3.05, 3.63) is 71.8 Å². The van der Waals surface area contributed by atoms with E-state index < -0.39 is 11.9 Å². The van der Waals surface area contributed by atoms with Crippen molar-refractivity contribution < 1.29 is 24.6 Å². The third kappa shape index (κ3) is 7.67. The second kappa shape index (κ2) is 11.8. The van der Waals surface area contributed by atoms with Gasteiger partial charge in [0.1, 0.15) is 0 Å². The molecule has 0 fully saturated rings. The molecule has 0 saturated heterocycles. The van der Waals surface area contributed by atoms with Crippen molar-refractivity contribution >= 4 is 17.8 Å². The second-order valence-corrected chi connectivity index (χ2v) is 8.10. The summed E-state index contributed by atoms with van der Waals surface area (Å²) in [7, 11) is 6.13. The third-order valence-electron chi connectivity index (χ3n) is 5.19. The van der Waals surface area contributed by atoms with Gasteiger partial charge < -0.3 is 20.0 Å². The molecule has 0 radical (unpaired) electrons. The molecule has 0 bridgehead atoms. The van der Waals surface area contributed by atoms with Gasteiger partial charge in [0.2, 0.25) is 0 Å². The summed E-state index contributed by atoms with van der Waals surface area (Å²) in [6.45, 7) is 1.89. The molecule has 1 unspecified atom stereocenters. The van der Waals surface area contributed by atoms with Gasteiger partial charge in [-0.3, -0.25) is 4.79 Å². The Hall–Kier alpha value is -3.45. The maximum absolute atomic E-state index is 12.8. The average molecular weight is 439 g/mol. The van der Waals surface area contributed by atoms with E-state index in [1.165, 1.54) is 5.56 Å². The molecule has 0 aromatic heterocycles. The van der Waals surface area contributed by atoms with E-state index in [4.69, 9.17) is 10.2 Å². The van der Waals surface area contributed by atoms with Crippen LogP contribution in [0, 0.1) is 5.92 Å². The van der Waals surface area contributed by atoms with Crippen molar-refractivity contribution in [1.82, 2.24) is 9.80 Å². The number of rotatable bonds is 6. The molecule has 7 nitrogen and oxygen atoms in total. The first-order chi connectivity index (χ1) is 15.2. The Morgan fingerprint density at radius 2 is 1.66 bits per heavy atom. The number of carboxylic acid groups (broad SMARTS) is 2. The summed E-state index contributed by atoms with van der Waals surface area (Å²) >= 11 is 0. The predicted octanol–water partition coefficient (Wildman–Crippen LogP) is 3.26. The van der Waals surface area contributed by atoms with Crippen molar-refractivity contribution in [3.63, 3.8) is 0 Å². The van der Waals surface area contributed by atoms with E-state index in [1.54, 1.807) is 0 Å². The lowest BCUT2D eigenvalue weighted by molar-refractivity contribution is -0.134. The minimum Gasteiger partial charge on any atom is -0.478 e. The van der Waals surface area contributed by atoms with Crippen LogP contribution < -0.4 is 0 Å². The van der Waals surface area contributed by atoms with E-state index in [0.717, 1.165) is 42.6 Å². The van der Waals surface area contributed by atoms with Crippen LogP contribution in [0.15, 0.2) is 60.7 Å². The lowest BCUT2D eigenvalue weighted by Crippen LogP contribution is -2.31. The highest BCUT2D eigenvalue weighted by Gasteiger charge is 2.25. The van der Waals surface area contributed by atoms with Crippen LogP contribution in [-0.4, -0.2) is 72.1 Å². The lowest BCUT2D eigenvalue weighted by atomic mass is 9.92. The van der Waals surface area contributed by atoms with Gasteiger partial charge >= 0.3 is 11.9 Å². The van der Waals surface area contributed by atoms with E-state index in [9.17, 15) is 14.4 Å². The molecule has 32 heavy (non-hydrogen) atoms. The predicted molar refractivity (Wildman–Crippen MR) is 124 cm³/mol. The summed E-state index contributed by atoms with van der Waals surface area (Å²) < 4.78 is 0. The van der Waals surface area contributed by atoms with Crippen molar-refractivity contribution in [3.8, 4) is 11.1 Å². The molecule has 1 aliphatic heterocycles. The molecule has 3 rings (SSSR count). The summed E-state index contributed by atoms with van der Waals surface area (Å²) in [4.78, 5) is 36.0. The molecule has 1 amide bonds. The van der Waals surface area contributed by atoms with Crippen LogP contribution in [-0.2, 0) is 16.0 Å². The summed E-state index contributed by atoms with van der Waals surface area (Å²) in [6, 6.07) is 16.6. The highest BCUT2D eigenvalue weighted by atomic mass is 16.4. The van der Waals surface area contributed by atoms with Crippen molar-refractivity contribution in [2.75, 3.05) is 34.2 Å². The van der Waals surface area contributed by atoms with Crippen LogP contribution in [0.4, 0.5) is 0 Å². The van der Waals surface area contributed by atoms with E-state index in [2.05, 4.69) is 49.3 Å². The highest BCUT2D eigenvalue weighted by Crippen LogP contribution is 2.28. The zero-order valence-corrected chi connectivity index (χ0v) is 18.7. The van der Waals surface area contributed by atoms with Crippen molar-refractivity contribution in [1.29, 1.82) is 0 Å². The first-order valence-electron chi connectivity index (χ1n) is 10.4. The second-order valence-electron chi connectivity index (χ2n) is 8.10. The van der Waals surface area contributed by atoms with Crippen LogP contribution >= 0.6 is 0 Å². The standard InChI is InChI=1S/C21H26N2O.C4H4O4/c1-22(2)12-11-16-13-19-10-9-18(17-7-5-4-6-8-17)14-20(19)21(24)23(3)15-16;5-3(6)1-2-4(7)8/h4-10,14,16H,11-13,15H2,1-3H3;1-2H,(H,5,6)(H,7,8). The Morgan fingerprint density at radius 3 is 2.22 bits per heavy atom. The first kappa shape index (κ1) is 24.8. The van der Waals surface area contributed by atoms with Gasteiger partial charge in [-0.05, 0) is 62.2 Å². The lowest BCUT2D eigenvalue weighted by Gasteiger charge is -2.21. The van der Waals surface area contributed by atoms with Crippen molar-refractivity contribution in [2.24, 2.45) is 5.92 Å². The maximum Gasteiger partial charge on any atom is 0.328 e. The number of carbonyl (C=O) groups is 3. The van der Waals surface area contributed by atoms with Crippen LogP contribution in [0.5, 0.6) is 0 Å². The quantitative estimate of drug-likeness (QED) is 0.672. The monoisotopic (exact) mass is 438 g/mol. The van der Waals surface area contributed by atoms with E-state index >= 15 is 0 Å². The number of benzene rings is 2. The minimum atomic E-state index is -1.26. The van der Waals surface area contributed by atoms with Crippen LogP contribution in [0.3, 0.4) is 0 Å². The molecule has 2 N–H and O–H groups in total. The largest absolute Gasteiger partial charge is 0.478 e. The van der Waals surface area contributed by atoms with Gasteiger partial charge in [-0.25, -0.2) is 9.59 Å². The van der Waals surface area contributed by atoms with Gasteiger partial charge in [0, 0.05) is 31.3 Å². The first-order valence-corrected chi connectivity index (χ1v) is 10.4. The number of hydrogen-bond donors (Lipinski definition) is 2. The maximum atomic E-state index is 12.8.